The third-order valence-electron chi connectivity index (χ3n) is 4.08. The second kappa shape index (κ2) is 8.42. The van der Waals surface area contributed by atoms with E-state index in [2.05, 4.69) is 21.2 Å². The Hall–Kier alpha value is -0.690. The van der Waals surface area contributed by atoms with Gasteiger partial charge in [0.1, 0.15) is 5.82 Å². The zero-order valence-electron chi connectivity index (χ0n) is 12.8. The number of morpholine rings is 1. The molecule has 1 amide bonds. The number of rotatable bonds is 5. The fourth-order valence-corrected chi connectivity index (χ4v) is 3.14. The molecule has 0 spiro atoms. The predicted octanol–water partition coefficient (Wildman–Crippen LogP) is 2.88. The maximum Gasteiger partial charge on any atom is 0.224 e. The Bertz CT molecular complexity index is 551. The van der Waals surface area contributed by atoms with Gasteiger partial charge < -0.3 is 15.0 Å². The zero-order chi connectivity index (χ0) is 15.5. The number of hydrogen-bond donors (Lipinski definition) is 1. The normalized spacial score (nSPS) is 20.7. The van der Waals surface area contributed by atoms with Gasteiger partial charge in [0.2, 0.25) is 5.91 Å². The average Bonchev–Trinajstić information content (AvgIpc) is 3.33. The Morgan fingerprint density at radius 2 is 2.22 bits per heavy atom. The topological polar surface area (TPSA) is 41.6 Å². The molecule has 1 N–H and O–H groups in total. The fraction of sp³-hybridized carbons (Fsp3) is 0.562. The van der Waals surface area contributed by atoms with Crippen molar-refractivity contribution in [2.75, 3.05) is 19.8 Å². The molecule has 1 aromatic carbocycles. The Labute approximate surface area is 150 Å². The lowest BCUT2D eigenvalue weighted by molar-refractivity contribution is -0.133. The van der Waals surface area contributed by atoms with Gasteiger partial charge in [0.05, 0.1) is 13.2 Å². The van der Waals surface area contributed by atoms with E-state index in [1.807, 2.05) is 4.90 Å². The van der Waals surface area contributed by atoms with E-state index in [1.54, 1.807) is 12.1 Å². The van der Waals surface area contributed by atoms with Gasteiger partial charge in [-0.05, 0) is 31.0 Å². The molecule has 1 heterocycles. The van der Waals surface area contributed by atoms with E-state index in [9.17, 15) is 9.18 Å². The SMILES string of the molecule is Cl.O=C(CC1COCCN1)N(Cc1cc(Br)ccc1F)C1CC1. The summed E-state index contributed by atoms with van der Waals surface area (Å²) in [6.07, 6.45) is 2.43. The molecule has 128 valence electrons. The predicted molar refractivity (Wildman–Crippen MR) is 92.1 cm³/mol. The monoisotopic (exact) mass is 406 g/mol. The van der Waals surface area contributed by atoms with E-state index in [4.69, 9.17) is 4.74 Å². The van der Waals surface area contributed by atoms with Crippen molar-refractivity contribution < 1.29 is 13.9 Å². The highest BCUT2D eigenvalue weighted by atomic mass is 79.9. The highest BCUT2D eigenvalue weighted by Gasteiger charge is 2.34. The summed E-state index contributed by atoms with van der Waals surface area (Å²) in [5, 5.41) is 3.29. The molecule has 0 bridgehead atoms. The van der Waals surface area contributed by atoms with Crippen LogP contribution in [0.2, 0.25) is 0 Å². The molecule has 1 aliphatic heterocycles. The first kappa shape index (κ1) is 18.6. The van der Waals surface area contributed by atoms with Gasteiger partial charge >= 0.3 is 0 Å². The Morgan fingerprint density at radius 1 is 1.43 bits per heavy atom. The molecule has 0 aromatic heterocycles. The van der Waals surface area contributed by atoms with Gasteiger partial charge in [-0.15, -0.1) is 12.4 Å². The van der Waals surface area contributed by atoms with E-state index in [1.165, 1.54) is 6.07 Å². The smallest absolute Gasteiger partial charge is 0.224 e. The molecule has 1 saturated carbocycles. The van der Waals surface area contributed by atoms with E-state index in [0.717, 1.165) is 23.9 Å². The first-order valence-electron chi connectivity index (χ1n) is 7.68. The van der Waals surface area contributed by atoms with Gasteiger partial charge in [-0.3, -0.25) is 4.79 Å². The van der Waals surface area contributed by atoms with Crippen molar-refractivity contribution in [3.8, 4) is 0 Å². The Morgan fingerprint density at radius 3 is 2.87 bits per heavy atom. The van der Waals surface area contributed by atoms with Crippen LogP contribution < -0.4 is 5.32 Å². The van der Waals surface area contributed by atoms with Crippen LogP contribution in [0.15, 0.2) is 22.7 Å². The van der Waals surface area contributed by atoms with Crippen LogP contribution >= 0.6 is 28.3 Å². The summed E-state index contributed by atoms with van der Waals surface area (Å²) in [4.78, 5) is 14.4. The first-order chi connectivity index (χ1) is 10.6. The zero-order valence-corrected chi connectivity index (χ0v) is 15.2. The summed E-state index contributed by atoms with van der Waals surface area (Å²) in [5.41, 5.74) is 0.558. The second-order valence-electron chi connectivity index (χ2n) is 5.92. The van der Waals surface area contributed by atoms with Gasteiger partial charge in [0.25, 0.3) is 0 Å². The van der Waals surface area contributed by atoms with Crippen molar-refractivity contribution in [1.29, 1.82) is 0 Å². The van der Waals surface area contributed by atoms with Gasteiger partial charge in [-0.25, -0.2) is 4.39 Å². The number of carbonyl (C=O) groups excluding carboxylic acids is 1. The van der Waals surface area contributed by atoms with Crippen molar-refractivity contribution in [1.82, 2.24) is 10.2 Å². The Kier molecular flexibility index (Phi) is 6.83. The number of ether oxygens (including phenoxy) is 1. The minimum atomic E-state index is -0.263. The minimum Gasteiger partial charge on any atom is -0.378 e. The molecule has 2 fully saturated rings. The average molecular weight is 408 g/mol. The van der Waals surface area contributed by atoms with Crippen LogP contribution in [0, 0.1) is 5.82 Å². The molecule has 4 nitrogen and oxygen atoms in total. The molecule has 1 unspecified atom stereocenters. The van der Waals surface area contributed by atoms with Gasteiger partial charge in [-0.2, -0.15) is 0 Å². The molecule has 23 heavy (non-hydrogen) atoms. The van der Waals surface area contributed by atoms with E-state index >= 15 is 0 Å². The van der Waals surface area contributed by atoms with Crippen molar-refractivity contribution in [2.24, 2.45) is 0 Å². The number of hydrogen-bond acceptors (Lipinski definition) is 3. The quantitative estimate of drug-likeness (QED) is 0.816. The molecule has 7 heteroatoms. The number of amides is 1. The number of benzene rings is 1. The molecular formula is C16H21BrClFN2O2. The lowest BCUT2D eigenvalue weighted by atomic mass is 10.1. The van der Waals surface area contributed by atoms with Gasteiger partial charge in [0, 0.05) is 41.6 Å². The lowest BCUT2D eigenvalue weighted by Gasteiger charge is -2.28. The molecule has 2 aliphatic rings. The fourth-order valence-electron chi connectivity index (χ4n) is 2.73. The summed E-state index contributed by atoms with van der Waals surface area (Å²) in [5.74, 6) is -0.189. The van der Waals surface area contributed by atoms with E-state index in [-0.39, 0.29) is 36.2 Å². The van der Waals surface area contributed by atoms with Crippen molar-refractivity contribution in [3.63, 3.8) is 0 Å². The molecule has 1 saturated heterocycles. The molecule has 1 aromatic rings. The van der Waals surface area contributed by atoms with Crippen LogP contribution in [0.25, 0.3) is 0 Å². The maximum atomic E-state index is 13.9. The summed E-state index contributed by atoms with van der Waals surface area (Å²) in [7, 11) is 0. The van der Waals surface area contributed by atoms with Gasteiger partial charge in [-0.1, -0.05) is 15.9 Å². The summed E-state index contributed by atoms with van der Waals surface area (Å²) >= 11 is 3.36. The summed E-state index contributed by atoms with van der Waals surface area (Å²) < 4.78 is 20.2. The van der Waals surface area contributed by atoms with Crippen LogP contribution in [0.5, 0.6) is 0 Å². The maximum absolute atomic E-state index is 13.9. The molecule has 3 rings (SSSR count). The largest absolute Gasteiger partial charge is 0.378 e. The minimum absolute atomic E-state index is 0. The number of nitrogens with one attached hydrogen (secondary N) is 1. The molecule has 0 radical (unpaired) electrons. The van der Waals surface area contributed by atoms with E-state index in [0.29, 0.717) is 31.7 Å². The van der Waals surface area contributed by atoms with Gasteiger partial charge in [0.15, 0.2) is 0 Å². The van der Waals surface area contributed by atoms with E-state index < -0.39 is 0 Å². The number of halogens is 3. The van der Waals surface area contributed by atoms with Crippen molar-refractivity contribution in [3.05, 3.63) is 34.1 Å². The van der Waals surface area contributed by atoms with Crippen molar-refractivity contribution >= 4 is 34.2 Å². The highest BCUT2D eigenvalue weighted by Crippen LogP contribution is 2.30. The summed E-state index contributed by atoms with van der Waals surface area (Å²) in [6.45, 7) is 2.37. The lowest BCUT2D eigenvalue weighted by Crippen LogP contribution is -2.45. The Balaban J connectivity index is 0.00000192. The van der Waals surface area contributed by atoms with Crippen LogP contribution in [0.1, 0.15) is 24.8 Å². The van der Waals surface area contributed by atoms with Crippen LogP contribution in [0.3, 0.4) is 0 Å². The highest BCUT2D eigenvalue weighted by molar-refractivity contribution is 9.10. The third-order valence-corrected chi connectivity index (χ3v) is 4.57. The summed E-state index contributed by atoms with van der Waals surface area (Å²) in [6, 6.07) is 5.18. The number of carbonyl (C=O) groups is 1. The standard InChI is InChI=1S/C16H20BrFN2O2.ClH/c17-12-1-4-15(18)11(7-12)9-20(14-2-3-14)16(21)8-13-10-22-6-5-19-13;/h1,4,7,13-14,19H,2-3,5-6,8-10H2;1H. The van der Waals surface area contributed by atoms with Crippen LogP contribution in [0.4, 0.5) is 4.39 Å². The van der Waals surface area contributed by atoms with Crippen LogP contribution in [-0.4, -0.2) is 42.6 Å². The second-order valence-corrected chi connectivity index (χ2v) is 6.83. The first-order valence-corrected chi connectivity index (χ1v) is 8.47. The molecule has 1 aliphatic carbocycles. The van der Waals surface area contributed by atoms with Crippen molar-refractivity contribution in [2.45, 2.75) is 37.9 Å². The number of nitrogens with zero attached hydrogens (tertiary/aromatic N) is 1. The van der Waals surface area contributed by atoms with Crippen LogP contribution in [-0.2, 0) is 16.1 Å². The molecular weight excluding hydrogens is 387 g/mol. The third kappa shape index (κ3) is 5.14. The molecule has 1 atom stereocenters.